The maximum Gasteiger partial charge on any atom is 0.246 e. The second-order valence-corrected chi connectivity index (χ2v) is 8.55. The number of ether oxygens (including phenoxy) is 1. The van der Waals surface area contributed by atoms with Gasteiger partial charge in [0.25, 0.3) is 0 Å². The van der Waals surface area contributed by atoms with Crippen molar-refractivity contribution in [2.24, 2.45) is 0 Å². The molecule has 2 aliphatic rings. The van der Waals surface area contributed by atoms with Crippen molar-refractivity contribution in [1.29, 1.82) is 0 Å². The Morgan fingerprint density at radius 2 is 1.88 bits per heavy atom. The summed E-state index contributed by atoms with van der Waals surface area (Å²) < 4.78 is 33.6. The maximum atomic E-state index is 13.5. The van der Waals surface area contributed by atoms with E-state index in [2.05, 4.69) is 26.4 Å². The fourth-order valence-electron chi connectivity index (χ4n) is 4.45. The number of aliphatic hydroxyl groups is 1. The third-order valence-electron chi connectivity index (χ3n) is 6.14. The lowest BCUT2D eigenvalue weighted by Gasteiger charge is -2.43. The normalized spacial score (nSPS) is 22.0. The molecule has 2 N–H and O–H groups in total. The number of benzene rings is 2. The van der Waals surface area contributed by atoms with Crippen LogP contribution in [0.1, 0.15) is 23.5 Å². The molecule has 0 saturated carbocycles. The Bertz CT molecular complexity index is 1100. The molecule has 0 amide bonds. The number of aryl methyl sites for hydroxylation is 1. The molecule has 2 aliphatic heterocycles. The molecule has 0 bridgehead atoms. The number of aliphatic hydroxyl groups excluding tert-OH is 1. The van der Waals surface area contributed by atoms with Crippen LogP contribution in [0.25, 0.3) is 5.69 Å². The minimum atomic E-state index is -0.678. The van der Waals surface area contributed by atoms with E-state index >= 15 is 0 Å². The van der Waals surface area contributed by atoms with Gasteiger partial charge in [-0.1, -0.05) is 6.07 Å². The molecular formula is C23H25F2N5O2. The number of piperidine rings is 1. The zero-order valence-electron chi connectivity index (χ0n) is 17.7. The number of anilines is 2. The topological polar surface area (TPSA) is 75.4 Å². The van der Waals surface area contributed by atoms with Gasteiger partial charge in [-0.3, -0.25) is 4.90 Å². The molecule has 9 heteroatoms. The fourth-order valence-corrected chi connectivity index (χ4v) is 4.45. The van der Waals surface area contributed by atoms with Gasteiger partial charge in [0.05, 0.1) is 31.0 Å². The number of aromatic nitrogens is 3. The van der Waals surface area contributed by atoms with Crippen LogP contribution in [0.4, 0.5) is 20.4 Å². The number of nitrogens with zero attached hydrogens (tertiary/aromatic N) is 4. The van der Waals surface area contributed by atoms with E-state index in [1.165, 1.54) is 23.1 Å². The summed E-state index contributed by atoms with van der Waals surface area (Å²) in [7, 11) is 0. The van der Waals surface area contributed by atoms with Gasteiger partial charge in [-0.25, -0.2) is 13.5 Å². The first-order valence-electron chi connectivity index (χ1n) is 10.7. The van der Waals surface area contributed by atoms with Crippen molar-refractivity contribution in [3.8, 4) is 5.69 Å². The minimum Gasteiger partial charge on any atom is -0.391 e. The van der Waals surface area contributed by atoms with Gasteiger partial charge in [0.1, 0.15) is 18.0 Å². The van der Waals surface area contributed by atoms with Gasteiger partial charge in [0.2, 0.25) is 5.95 Å². The van der Waals surface area contributed by atoms with E-state index in [0.717, 1.165) is 49.1 Å². The van der Waals surface area contributed by atoms with Crippen LogP contribution in [0, 0.1) is 18.6 Å². The van der Waals surface area contributed by atoms with Crippen molar-refractivity contribution in [3.05, 3.63) is 65.5 Å². The van der Waals surface area contributed by atoms with Crippen LogP contribution in [0.3, 0.4) is 0 Å². The highest BCUT2D eigenvalue weighted by Gasteiger charge is 2.35. The van der Waals surface area contributed by atoms with Crippen LogP contribution in [-0.4, -0.2) is 63.2 Å². The average molecular weight is 441 g/mol. The molecule has 1 aromatic heterocycles. The molecular weight excluding hydrogens is 416 g/mol. The Balaban J connectivity index is 1.32. The zero-order chi connectivity index (χ0) is 22.2. The Hall–Kier alpha value is -2.88. The van der Waals surface area contributed by atoms with Crippen molar-refractivity contribution in [1.82, 2.24) is 19.7 Å². The lowest BCUT2D eigenvalue weighted by molar-refractivity contribution is -0.0888. The molecule has 0 aliphatic carbocycles. The summed E-state index contributed by atoms with van der Waals surface area (Å²) in [5.41, 5.74) is 3.17. The Kier molecular flexibility index (Phi) is 5.62. The number of hydrogen-bond donors (Lipinski definition) is 2. The van der Waals surface area contributed by atoms with Crippen molar-refractivity contribution >= 4 is 11.6 Å². The summed E-state index contributed by atoms with van der Waals surface area (Å²) in [6.45, 7) is 5.08. The average Bonchev–Trinajstić information content (AvgIpc) is 3.14. The molecule has 0 radical (unpaired) electrons. The summed E-state index contributed by atoms with van der Waals surface area (Å²) in [5, 5.41) is 18.3. The molecule has 32 heavy (non-hydrogen) atoms. The highest BCUT2D eigenvalue weighted by Crippen LogP contribution is 2.33. The lowest BCUT2D eigenvalue weighted by Crippen LogP contribution is -2.55. The van der Waals surface area contributed by atoms with Gasteiger partial charge in [0.15, 0.2) is 0 Å². The smallest absolute Gasteiger partial charge is 0.246 e. The summed E-state index contributed by atoms with van der Waals surface area (Å²) in [4.78, 5) is 6.52. The van der Waals surface area contributed by atoms with Gasteiger partial charge in [-0.15, -0.1) is 5.10 Å². The monoisotopic (exact) mass is 441 g/mol. The fraction of sp³-hybridized carbons (Fsp3) is 0.391. The van der Waals surface area contributed by atoms with E-state index in [-0.39, 0.29) is 11.6 Å². The molecule has 3 aromatic rings. The number of halogens is 2. The molecule has 7 nitrogen and oxygen atoms in total. The number of rotatable bonds is 5. The third kappa shape index (κ3) is 4.36. The van der Waals surface area contributed by atoms with E-state index in [9.17, 15) is 13.9 Å². The minimum absolute atomic E-state index is 0.0495. The van der Waals surface area contributed by atoms with E-state index in [1.807, 2.05) is 19.1 Å². The van der Waals surface area contributed by atoms with Gasteiger partial charge < -0.3 is 15.2 Å². The Morgan fingerprint density at radius 3 is 2.56 bits per heavy atom. The first-order chi connectivity index (χ1) is 15.4. The number of hydrogen-bond acceptors (Lipinski definition) is 6. The van der Waals surface area contributed by atoms with Gasteiger partial charge >= 0.3 is 0 Å². The number of β-amino-alcohol motifs (C(OH)–C–C–N with tert-alkyl or cyclic N) is 1. The summed E-state index contributed by atoms with van der Waals surface area (Å²) in [5.74, 6) is -0.995. The van der Waals surface area contributed by atoms with Crippen LogP contribution in [0.2, 0.25) is 0 Å². The zero-order valence-corrected chi connectivity index (χ0v) is 17.7. The molecule has 0 spiro atoms. The second-order valence-electron chi connectivity index (χ2n) is 8.55. The Morgan fingerprint density at radius 1 is 1.09 bits per heavy atom. The SMILES string of the molecule is Cc1cc(Nc2ncn(-c3cc(F)cc(F)c3)n2)cc([C@H]2CCN(C3COC3)C[C@H]2O)c1. The first-order valence-corrected chi connectivity index (χ1v) is 10.7. The number of nitrogens with one attached hydrogen (secondary N) is 1. The van der Waals surface area contributed by atoms with E-state index < -0.39 is 17.7 Å². The van der Waals surface area contributed by atoms with E-state index in [0.29, 0.717) is 18.5 Å². The van der Waals surface area contributed by atoms with Gasteiger partial charge in [-0.2, -0.15) is 4.98 Å². The molecule has 2 fully saturated rings. The van der Waals surface area contributed by atoms with E-state index in [4.69, 9.17) is 4.74 Å². The largest absolute Gasteiger partial charge is 0.391 e. The molecule has 5 rings (SSSR count). The quantitative estimate of drug-likeness (QED) is 0.634. The maximum absolute atomic E-state index is 13.5. The van der Waals surface area contributed by atoms with Crippen molar-refractivity contribution < 1.29 is 18.6 Å². The molecule has 168 valence electrons. The molecule has 2 atom stereocenters. The van der Waals surface area contributed by atoms with Crippen molar-refractivity contribution in [2.45, 2.75) is 31.4 Å². The lowest BCUT2D eigenvalue weighted by atomic mass is 9.85. The molecule has 2 saturated heterocycles. The van der Waals surface area contributed by atoms with Gasteiger partial charge in [-0.05, 0) is 55.3 Å². The molecule has 0 unspecified atom stereocenters. The second kappa shape index (κ2) is 8.57. The van der Waals surface area contributed by atoms with E-state index in [1.54, 1.807) is 0 Å². The van der Waals surface area contributed by atoms with Crippen LogP contribution in [-0.2, 0) is 4.74 Å². The van der Waals surface area contributed by atoms with Crippen molar-refractivity contribution in [3.63, 3.8) is 0 Å². The summed E-state index contributed by atoms with van der Waals surface area (Å²) in [6, 6.07) is 9.69. The number of likely N-dealkylation sites (tertiary alicyclic amines) is 1. The standard InChI is InChI=1S/C23H25F2N5O2/c1-14-4-15(21-2-3-29(10-22(21)31)20-11-32-12-20)6-18(5-14)27-23-26-13-30(28-23)19-8-16(24)7-17(25)9-19/h4-9,13,20-22,31H,2-3,10-12H2,1H3,(H,27,28)/t21-,22-/m1/s1. The van der Waals surface area contributed by atoms with Crippen LogP contribution in [0.5, 0.6) is 0 Å². The Labute approximate surface area is 184 Å². The highest BCUT2D eigenvalue weighted by atomic mass is 19.1. The first kappa shape index (κ1) is 21.0. The van der Waals surface area contributed by atoms with Crippen LogP contribution >= 0.6 is 0 Å². The van der Waals surface area contributed by atoms with Crippen LogP contribution in [0.15, 0.2) is 42.7 Å². The predicted molar refractivity (Wildman–Crippen MR) is 115 cm³/mol. The molecule has 2 aromatic carbocycles. The molecule has 3 heterocycles. The van der Waals surface area contributed by atoms with Crippen LogP contribution < -0.4 is 5.32 Å². The third-order valence-corrected chi connectivity index (χ3v) is 6.14. The van der Waals surface area contributed by atoms with Gasteiger partial charge in [0, 0.05) is 24.2 Å². The summed E-state index contributed by atoms with van der Waals surface area (Å²) in [6.07, 6.45) is 1.83. The highest BCUT2D eigenvalue weighted by molar-refractivity contribution is 5.56. The van der Waals surface area contributed by atoms with Crippen molar-refractivity contribution in [2.75, 3.05) is 31.6 Å². The summed E-state index contributed by atoms with van der Waals surface area (Å²) >= 11 is 0. The predicted octanol–water partition coefficient (Wildman–Crippen LogP) is 3.15.